The highest BCUT2D eigenvalue weighted by molar-refractivity contribution is 5.86. The summed E-state index contributed by atoms with van der Waals surface area (Å²) in [5, 5.41) is 7.63. The second-order valence-electron chi connectivity index (χ2n) is 8.34. The Labute approximate surface area is 162 Å². The number of hydrogen-bond donors (Lipinski definition) is 1. The highest BCUT2D eigenvalue weighted by Crippen LogP contribution is 2.45. The number of carbonyl (C=O) groups excluding carboxylic acids is 2. The lowest BCUT2D eigenvalue weighted by molar-refractivity contribution is -0.135. The van der Waals surface area contributed by atoms with Crippen molar-refractivity contribution < 1.29 is 9.59 Å². The monoisotopic (exact) mass is 375 g/mol. The maximum absolute atomic E-state index is 13.1. The van der Waals surface area contributed by atoms with E-state index in [1.165, 1.54) is 0 Å². The molecular weight excluding hydrogens is 342 g/mol. The highest BCUT2D eigenvalue weighted by atomic mass is 16.2. The molecule has 0 radical (unpaired) electrons. The minimum Gasteiger partial charge on any atom is -0.352 e. The van der Waals surface area contributed by atoms with Crippen molar-refractivity contribution in [2.75, 3.05) is 19.6 Å². The molecular formula is C20H33N5O2. The molecule has 2 heterocycles. The molecule has 1 saturated heterocycles. The fraction of sp³-hybridized carbons (Fsp3) is 0.750. The van der Waals surface area contributed by atoms with E-state index in [1.807, 2.05) is 50.5 Å². The zero-order valence-electron chi connectivity index (χ0n) is 17.3. The molecule has 150 valence electrons. The first-order chi connectivity index (χ1) is 12.8. The standard InChI is InChI=1S/C20H33N5O2/c1-6-24(7-2)18(26)17-10-16(21-19(27)20(4)8-9-20)13-25(17)12-15-11-23(5)22-14(15)3/h11,16-17H,6-10,12-13H2,1-5H3,(H,21,27)/t16-,17-/m0/s1. The second kappa shape index (κ2) is 7.62. The largest absolute Gasteiger partial charge is 0.352 e. The lowest BCUT2D eigenvalue weighted by Gasteiger charge is -2.28. The highest BCUT2D eigenvalue weighted by Gasteiger charge is 2.47. The van der Waals surface area contributed by atoms with Gasteiger partial charge >= 0.3 is 0 Å². The Morgan fingerprint density at radius 1 is 1.33 bits per heavy atom. The van der Waals surface area contributed by atoms with E-state index in [4.69, 9.17) is 0 Å². The van der Waals surface area contributed by atoms with Gasteiger partial charge in [0, 0.05) is 56.4 Å². The fourth-order valence-electron chi connectivity index (χ4n) is 3.98. The van der Waals surface area contributed by atoms with Crippen LogP contribution in [-0.4, -0.2) is 63.1 Å². The van der Waals surface area contributed by atoms with E-state index in [-0.39, 0.29) is 29.3 Å². The Balaban J connectivity index is 1.75. The SMILES string of the molecule is CCN(CC)C(=O)[C@@H]1C[C@H](NC(=O)C2(C)CC2)CN1Cc1cn(C)nc1C. The van der Waals surface area contributed by atoms with Crippen molar-refractivity contribution in [1.29, 1.82) is 0 Å². The normalized spacial score (nSPS) is 24.0. The lowest BCUT2D eigenvalue weighted by Crippen LogP contribution is -2.45. The Hall–Kier alpha value is -1.89. The fourth-order valence-corrected chi connectivity index (χ4v) is 3.98. The maximum atomic E-state index is 13.1. The number of nitrogens with one attached hydrogen (secondary N) is 1. The average Bonchev–Trinajstić information content (AvgIpc) is 3.13. The van der Waals surface area contributed by atoms with Crippen molar-refractivity contribution in [2.24, 2.45) is 12.5 Å². The molecule has 1 aromatic heterocycles. The van der Waals surface area contributed by atoms with Gasteiger partial charge in [0.2, 0.25) is 11.8 Å². The number of aromatic nitrogens is 2. The molecule has 1 aromatic rings. The number of likely N-dealkylation sites (N-methyl/N-ethyl adjacent to an activating group) is 1. The number of likely N-dealkylation sites (tertiary alicyclic amines) is 1. The molecule has 0 aromatic carbocycles. The maximum Gasteiger partial charge on any atom is 0.240 e. The first-order valence-electron chi connectivity index (χ1n) is 10.1. The van der Waals surface area contributed by atoms with Gasteiger partial charge in [0.15, 0.2) is 0 Å². The van der Waals surface area contributed by atoms with Gasteiger partial charge in [-0.2, -0.15) is 5.10 Å². The van der Waals surface area contributed by atoms with E-state index >= 15 is 0 Å². The van der Waals surface area contributed by atoms with Crippen LogP contribution in [0.1, 0.15) is 51.3 Å². The van der Waals surface area contributed by atoms with Gasteiger partial charge in [0.1, 0.15) is 0 Å². The Kier molecular flexibility index (Phi) is 5.60. The van der Waals surface area contributed by atoms with Crippen molar-refractivity contribution in [1.82, 2.24) is 24.9 Å². The Bertz CT molecular complexity index is 705. The van der Waals surface area contributed by atoms with E-state index in [2.05, 4.69) is 15.3 Å². The number of rotatable bonds is 7. The summed E-state index contributed by atoms with van der Waals surface area (Å²) in [6, 6.07) is -0.168. The third-order valence-electron chi connectivity index (χ3n) is 6.14. The van der Waals surface area contributed by atoms with Gasteiger partial charge in [-0.05, 0) is 40.0 Å². The molecule has 0 bridgehead atoms. The number of hydrogen-bond acceptors (Lipinski definition) is 4. The zero-order valence-corrected chi connectivity index (χ0v) is 17.3. The van der Waals surface area contributed by atoms with Crippen molar-refractivity contribution >= 4 is 11.8 Å². The first kappa shape index (κ1) is 19.9. The summed E-state index contributed by atoms with van der Waals surface area (Å²) in [5.41, 5.74) is 1.94. The molecule has 2 amide bonds. The average molecular weight is 376 g/mol. The molecule has 2 fully saturated rings. The molecule has 1 N–H and O–H groups in total. The van der Waals surface area contributed by atoms with Crippen molar-refractivity contribution in [3.8, 4) is 0 Å². The summed E-state index contributed by atoms with van der Waals surface area (Å²) >= 11 is 0. The van der Waals surface area contributed by atoms with Gasteiger partial charge in [-0.3, -0.25) is 19.2 Å². The molecule has 1 aliphatic carbocycles. The molecule has 7 nitrogen and oxygen atoms in total. The number of nitrogens with zero attached hydrogens (tertiary/aromatic N) is 4. The van der Waals surface area contributed by atoms with Crippen molar-refractivity contribution in [2.45, 2.75) is 65.6 Å². The van der Waals surface area contributed by atoms with Crippen molar-refractivity contribution in [3.63, 3.8) is 0 Å². The van der Waals surface area contributed by atoms with Gasteiger partial charge < -0.3 is 10.2 Å². The zero-order chi connectivity index (χ0) is 19.8. The van der Waals surface area contributed by atoms with E-state index < -0.39 is 0 Å². The topological polar surface area (TPSA) is 70.5 Å². The predicted molar refractivity (Wildman–Crippen MR) is 104 cm³/mol. The summed E-state index contributed by atoms with van der Waals surface area (Å²) < 4.78 is 1.81. The first-order valence-corrected chi connectivity index (χ1v) is 10.1. The molecule has 0 spiro atoms. The summed E-state index contributed by atoms with van der Waals surface area (Å²) in [4.78, 5) is 29.7. The lowest BCUT2D eigenvalue weighted by atomic mass is 10.1. The number of amides is 2. The summed E-state index contributed by atoms with van der Waals surface area (Å²) in [6.07, 6.45) is 4.62. The van der Waals surface area contributed by atoms with E-state index in [0.29, 0.717) is 32.6 Å². The van der Waals surface area contributed by atoms with Crippen molar-refractivity contribution in [3.05, 3.63) is 17.5 Å². The van der Waals surface area contributed by atoms with Gasteiger partial charge in [-0.1, -0.05) is 6.92 Å². The summed E-state index contributed by atoms with van der Waals surface area (Å²) in [7, 11) is 1.92. The van der Waals surface area contributed by atoms with Crippen LogP contribution in [0.25, 0.3) is 0 Å². The summed E-state index contributed by atoms with van der Waals surface area (Å²) in [6.45, 7) is 10.8. The van der Waals surface area contributed by atoms with Crippen LogP contribution in [0.4, 0.5) is 0 Å². The van der Waals surface area contributed by atoms with E-state index in [1.54, 1.807) is 0 Å². The third-order valence-corrected chi connectivity index (χ3v) is 6.14. The molecule has 1 aliphatic heterocycles. The van der Waals surface area contributed by atoms with Crippen LogP contribution in [0, 0.1) is 12.3 Å². The minimum atomic E-state index is -0.193. The van der Waals surface area contributed by atoms with Crippen LogP contribution in [0.15, 0.2) is 6.20 Å². The van der Waals surface area contributed by atoms with Crippen LogP contribution in [0.2, 0.25) is 0 Å². The van der Waals surface area contributed by atoms with Crippen LogP contribution in [0.5, 0.6) is 0 Å². The minimum absolute atomic E-state index is 0.0245. The third kappa shape index (κ3) is 4.18. The Morgan fingerprint density at radius 2 is 2.00 bits per heavy atom. The summed E-state index contributed by atoms with van der Waals surface area (Å²) in [5.74, 6) is 0.303. The Morgan fingerprint density at radius 3 is 2.52 bits per heavy atom. The van der Waals surface area contributed by atoms with Crippen LogP contribution in [0.3, 0.4) is 0 Å². The van der Waals surface area contributed by atoms with Gasteiger partial charge in [-0.15, -0.1) is 0 Å². The smallest absolute Gasteiger partial charge is 0.240 e. The molecule has 7 heteroatoms. The van der Waals surface area contributed by atoms with Gasteiger partial charge in [0.25, 0.3) is 0 Å². The molecule has 2 aliphatic rings. The molecule has 1 saturated carbocycles. The predicted octanol–water partition coefficient (Wildman–Crippen LogP) is 1.46. The van der Waals surface area contributed by atoms with Gasteiger partial charge in [0.05, 0.1) is 11.7 Å². The molecule has 3 rings (SSSR count). The van der Waals surface area contributed by atoms with Gasteiger partial charge in [-0.25, -0.2) is 0 Å². The number of carbonyl (C=O) groups is 2. The van der Waals surface area contributed by atoms with Crippen LogP contribution in [-0.2, 0) is 23.2 Å². The second-order valence-corrected chi connectivity index (χ2v) is 8.34. The van der Waals surface area contributed by atoms with Crippen LogP contribution >= 0.6 is 0 Å². The number of aryl methyl sites for hydroxylation is 2. The molecule has 27 heavy (non-hydrogen) atoms. The molecule has 0 unspecified atom stereocenters. The molecule has 2 atom stereocenters. The van der Waals surface area contributed by atoms with Crippen LogP contribution < -0.4 is 5.32 Å². The van der Waals surface area contributed by atoms with E-state index in [0.717, 1.165) is 24.1 Å². The van der Waals surface area contributed by atoms with E-state index in [9.17, 15) is 9.59 Å². The quantitative estimate of drug-likeness (QED) is 0.783.